The van der Waals surface area contributed by atoms with Crippen LogP contribution in [0.2, 0.25) is 0 Å². The number of benzene rings is 2. The van der Waals surface area contributed by atoms with Gasteiger partial charge >= 0.3 is 0 Å². The number of nitrogens with one attached hydrogen (secondary N) is 2. The molecule has 10 nitrogen and oxygen atoms in total. The fourth-order valence-electron chi connectivity index (χ4n) is 2.18. The molecule has 0 aromatic heterocycles. The van der Waals surface area contributed by atoms with Gasteiger partial charge in [-0.25, -0.2) is 16.8 Å². The Bertz CT molecular complexity index is 995. The first-order valence-corrected chi connectivity index (χ1v) is 12.4. The summed E-state index contributed by atoms with van der Waals surface area (Å²) < 4.78 is 62.7. The lowest BCUT2D eigenvalue weighted by Gasteiger charge is -2.09. The first-order valence-electron chi connectivity index (χ1n) is 9.54. The van der Waals surface area contributed by atoms with Gasteiger partial charge in [0.2, 0.25) is 0 Å². The summed E-state index contributed by atoms with van der Waals surface area (Å²) in [5.74, 6) is -0.991. The number of aromatic hydroxyl groups is 2. The van der Waals surface area contributed by atoms with Gasteiger partial charge in [0.15, 0.2) is 0 Å². The Morgan fingerprint density at radius 2 is 0.969 bits per heavy atom. The maximum Gasteiger partial charge on any atom is 0.133 e. The molecule has 32 heavy (non-hydrogen) atoms. The van der Waals surface area contributed by atoms with Crippen LogP contribution < -0.4 is 9.80 Å². The molecule has 12 heteroatoms. The van der Waals surface area contributed by atoms with Crippen molar-refractivity contribution in [3.63, 3.8) is 0 Å². The lowest BCUT2D eigenvalue weighted by molar-refractivity contribution is -0.918. The summed E-state index contributed by atoms with van der Waals surface area (Å²) in [6.07, 6.45) is 0. The van der Waals surface area contributed by atoms with E-state index >= 15 is 0 Å². The van der Waals surface area contributed by atoms with E-state index in [0.29, 0.717) is 11.1 Å². The topological polar surface area (TPSA) is 164 Å². The molecule has 0 saturated heterocycles. The maximum absolute atomic E-state index is 10.4. The molecule has 0 amide bonds. The highest BCUT2D eigenvalue weighted by atomic mass is 32.2. The van der Waals surface area contributed by atoms with Crippen molar-refractivity contribution < 1.29 is 46.0 Å². The van der Waals surface area contributed by atoms with E-state index in [9.17, 15) is 25.9 Å². The highest BCUT2D eigenvalue weighted by molar-refractivity contribution is 7.86. The van der Waals surface area contributed by atoms with Crippen LogP contribution in [-0.2, 0) is 20.2 Å². The van der Waals surface area contributed by atoms with Gasteiger partial charge in [0.25, 0.3) is 0 Å². The smallest absolute Gasteiger partial charge is 0.133 e. The molecular weight excluding hydrogens is 460 g/mol. The fraction of sp³-hybridized carbons (Fsp3) is 0.400. The van der Waals surface area contributed by atoms with Gasteiger partial charge in [-0.1, -0.05) is 12.1 Å². The van der Waals surface area contributed by atoms with Crippen molar-refractivity contribution in [1.29, 1.82) is 0 Å². The molecule has 0 heterocycles. The van der Waals surface area contributed by atoms with Gasteiger partial charge in [-0.15, -0.1) is 0 Å². The summed E-state index contributed by atoms with van der Waals surface area (Å²) in [5, 5.41) is 18.1. The molecule has 2 rings (SSSR count). The van der Waals surface area contributed by atoms with Crippen LogP contribution in [0.5, 0.6) is 11.5 Å². The van der Waals surface area contributed by atoms with Crippen molar-refractivity contribution in [2.24, 2.45) is 0 Å². The second kappa shape index (κ2) is 12.7. The zero-order valence-electron chi connectivity index (χ0n) is 19.0. The van der Waals surface area contributed by atoms with Crippen LogP contribution in [0.25, 0.3) is 0 Å². The summed E-state index contributed by atoms with van der Waals surface area (Å²) in [6, 6.07) is 7.53. The van der Waals surface area contributed by atoms with Crippen LogP contribution >= 0.6 is 0 Å². The number of aryl methyl sites for hydroxylation is 2. The van der Waals surface area contributed by atoms with Gasteiger partial charge < -0.3 is 29.1 Å². The Kier molecular flexibility index (Phi) is 11.8. The van der Waals surface area contributed by atoms with E-state index in [1.54, 1.807) is 13.8 Å². The van der Waals surface area contributed by atoms with Crippen molar-refractivity contribution in [1.82, 2.24) is 0 Å². The average Bonchev–Trinajstić information content (AvgIpc) is 2.58. The number of quaternary nitrogens is 2. The van der Waals surface area contributed by atoms with E-state index in [4.69, 9.17) is 10.2 Å². The van der Waals surface area contributed by atoms with Gasteiger partial charge in [0.05, 0.1) is 38.0 Å². The van der Waals surface area contributed by atoms with Crippen LogP contribution in [0.1, 0.15) is 11.1 Å². The minimum Gasteiger partial charge on any atom is -0.744 e. The summed E-state index contributed by atoms with van der Waals surface area (Å²) in [7, 11) is -0.367. The van der Waals surface area contributed by atoms with E-state index in [0.717, 1.165) is 12.1 Å². The van der Waals surface area contributed by atoms with Crippen LogP contribution in [0.3, 0.4) is 0 Å². The van der Waals surface area contributed by atoms with Gasteiger partial charge in [-0.2, -0.15) is 0 Å². The Labute approximate surface area is 190 Å². The van der Waals surface area contributed by atoms with Crippen molar-refractivity contribution in [2.45, 2.75) is 23.6 Å². The predicted octanol–water partition coefficient (Wildman–Crippen LogP) is -1.52. The highest BCUT2D eigenvalue weighted by Crippen LogP contribution is 2.23. The third kappa shape index (κ3) is 12.0. The normalized spacial score (nSPS) is 11.4. The number of hydrogen-bond acceptors (Lipinski definition) is 8. The lowest BCUT2D eigenvalue weighted by atomic mass is 10.2. The van der Waals surface area contributed by atoms with Crippen molar-refractivity contribution in [2.75, 3.05) is 41.3 Å². The zero-order chi connectivity index (χ0) is 25.3. The van der Waals surface area contributed by atoms with Crippen molar-refractivity contribution >= 4 is 20.2 Å². The largest absolute Gasteiger partial charge is 0.744 e. The van der Waals surface area contributed by atoms with Crippen molar-refractivity contribution in [3.05, 3.63) is 47.5 Å². The second-order valence-electron chi connectivity index (χ2n) is 7.76. The Morgan fingerprint density at radius 1 is 0.688 bits per heavy atom. The van der Waals surface area contributed by atoms with E-state index in [1.807, 2.05) is 0 Å². The van der Waals surface area contributed by atoms with Crippen LogP contribution in [0, 0.1) is 13.8 Å². The first-order chi connectivity index (χ1) is 14.4. The van der Waals surface area contributed by atoms with E-state index in [2.05, 4.69) is 28.2 Å². The minimum absolute atomic E-state index is 0.495. The third-order valence-electron chi connectivity index (χ3n) is 3.89. The summed E-state index contributed by atoms with van der Waals surface area (Å²) in [5.41, 5.74) is 1.39. The molecule has 0 spiro atoms. The zero-order valence-corrected chi connectivity index (χ0v) is 20.7. The lowest BCUT2D eigenvalue weighted by Crippen LogP contribution is -3.14. The van der Waals surface area contributed by atoms with E-state index in [1.165, 1.54) is 47.2 Å². The Balaban J connectivity index is 0.000000462. The number of rotatable bonds is 5. The Hall–Kier alpha value is -2.22. The van der Waals surface area contributed by atoms with Crippen LogP contribution in [0.15, 0.2) is 46.2 Å². The van der Waals surface area contributed by atoms with E-state index < -0.39 is 41.5 Å². The molecule has 0 bridgehead atoms. The molecule has 0 aliphatic heterocycles. The SMILES string of the molecule is C[NH+](C)CC[NH+](C)C.Cc1ccc(S(=O)(=O)[O-])c(O)c1.Cc1ccc(S(=O)(=O)[O-])c(O)c1. The molecule has 0 aliphatic carbocycles. The molecule has 4 N–H and O–H groups in total. The summed E-state index contributed by atoms with van der Waals surface area (Å²) in [6.45, 7) is 5.90. The van der Waals surface area contributed by atoms with Gasteiger partial charge in [-0.3, -0.25) is 0 Å². The number of phenols is 2. The van der Waals surface area contributed by atoms with Gasteiger partial charge in [-0.05, 0) is 49.2 Å². The molecule has 0 atom stereocenters. The van der Waals surface area contributed by atoms with Crippen molar-refractivity contribution in [3.8, 4) is 11.5 Å². The maximum atomic E-state index is 10.4. The molecule has 0 unspecified atom stereocenters. The predicted molar refractivity (Wildman–Crippen MR) is 117 cm³/mol. The monoisotopic (exact) mass is 492 g/mol. The van der Waals surface area contributed by atoms with Gasteiger partial charge in [0.1, 0.15) is 44.8 Å². The molecule has 2 aromatic carbocycles. The molecule has 0 aliphatic rings. The Morgan fingerprint density at radius 3 is 1.16 bits per heavy atom. The molecule has 2 aromatic rings. The standard InChI is InChI=1S/2C7H8O4S.C6H16N2/c2*1-5-2-3-7(6(8)4-5)12(9,10)11;1-7(2)5-6-8(3)4/h2*2-4,8H,1H3,(H,9,10,11);5-6H2,1-4H3. The second-order valence-corrected chi connectivity index (χ2v) is 10.5. The number of likely N-dealkylation sites (N-methyl/N-ethyl adjacent to an activating group) is 2. The average molecular weight is 493 g/mol. The van der Waals surface area contributed by atoms with E-state index in [-0.39, 0.29) is 0 Å². The molecular formula is C20H32N2O8S2. The molecule has 0 radical (unpaired) electrons. The fourth-order valence-corrected chi connectivity index (χ4v) is 3.28. The quantitative estimate of drug-likeness (QED) is 0.366. The summed E-state index contributed by atoms with van der Waals surface area (Å²) in [4.78, 5) is 1.92. The highest BCUT2D eigenvalue weighted by Gasteiger charge is 2.07. The van der Waals surface area contributed by atoms with Crippen LogP contribution in [-0.4, -0.2) is 77.4 Å². The molecule has 182 valence electrons. The molecule has 0 fully saturated rings. The third-order valence-corrected chi connectivity index (χ3v) is 5.66. The minimum atomic E-state index is -4.55. The molecule has 0 saturated carbocycles. The van der Waals surface area contributed by atoms with Crippen LogP contribution in [0.4, 0.5) is 0 Å². The summed E-state index contributed by atoms with van der Waals surface area (Å²) >= 11 is 0. The number of phenolic OH excluding ortho intramolecular Hbond substituents is 2. The van der Waals surface area contributed by atoms with Gasteiger partial charge in [0, 0.05) is 0 Å². The number of hydrogen-bond donors (Lipinski definition) is 4. The first kappa shape index (κ1) is 29.8.